The lowest BCUT2D eigenvalue weighted by Crippen LogP contribution is -2.06. The topological polar surface area (TPSA) is 43.1 Å². The van der Waals surface area contributed by atoms with Gasteiger partial charge in [0.25, 0.3) is 5.69 Å². The molecular formula is C48H35NO2S2. The molecule has 0 fully saturated rings. The van der Waals surface area contributed by atoms with Crippen molar-refractivity contribution in [1.29, 1.82) is 0 Å². The second-order valence-electron chi connectivity index (χ2n) is 14.2. The van der Waals surface area contributed by atoms with E-state index in [0.29, 0.717) is 16.7 Å². The van der Waals surface area contributed by atoms with Crippen molar-refractivity contribution in [3.63, 3.8) is 0 Å². The minimum absolute atomic E-state index is 0.00278. The van der Waals surface area contributed by atoms with E-state index in [4.69, 9.17) is 0 Å². The van der Waals surface area contributed by atoms with Crippen molar-refractivity contribution in [3.8, 4) is 59.2 Å². The molecule has 5 aromatic carbocycles. The summed E-state index contributed by atoms with van der Waals surface area (Å²) >= 11 is 3.49. The van der Waals surface area contributed by atoms with Crippen LogP contribution < -0.4 is 0 Å². The van der Waals surface area contributed by atoms with Crippen molar-refractivity contribution in [2.24, 2.45) is 0 Å². The average Bonchev–Trinajstić information content (AvgIpc) is 3.10. The number of rotatable bonds is 3. The first-order valence-corrected chi connectivity index (χ1v) is 18.6. The zero-order valence-corrected chi connectivity index (χ0v) is 32.0. The van der Waals surface area contributed by atoms with Crippen LogP contribution in [-0.2, 0) is 0 Å². The molecule has 2 aliphatic carbocycles. The predicted molar refractivity (Wildman–Crippen MR) is 220 cm³/mol. The van der Waals surface area contributed by atoms with E-state index in [9.17, 15) is 10.1 Å². The summed E-state index contributed by atoms with van der Waals surface area (Å²) in [6, 6.07) is 32.7. The van der Waals surface area contributed by atoms with Gasteiger partial charge in [-0.1, -0.05) is 113 Å². The van der Waals surface area contributed by atoms with Gasteiger partial charge in [0.05, 0.1) is 4.92 Å². The molecule has 5 aromatic rings. The van der Waals surface area contributed by atoms with Gasteiger partial charge in [-0.3, -0.25) is 10.1 Å². The molecule has 6 bridgehead atoms. The summed E-state index contributed by atoms with van der Waals surface area (Å²) in [5, 5.41) is 12.3. The van der Waals surface area contributed by atoms with Crippen LogP contribution in [0.4, 0.5) is 5.69 Å². The molecule has 7 rings (SSSR count). The highest BCUT2D eigenvalue weighted by atomic mass is 32.2. The molecule has 0 saturated heterocycles. The number of fused-ring (bicyclic) bond motifs is 2. The Balaban J connectivity index is 1.53. The largest absolute Gasteiger partial charge is 0.286 e. The Morgan fingerprint density at radius 1 is 0.434 bits per heavy atom. The highest BCUT2D eigenvalue weighted by molar-refractivity contribution is 8.00. The van der Waals surface area contributed by atoms with E-state index in [1.807, 2.05) is 78.9 Å². The first-order chi connectivity index (χ1) is 25.3. The maximum atomic E-state index is 12.3. The molecule has 0 aliphatic heterocycles. The fourth-order valence-corrected chi connectivity index (χ4v) is 7.26. The summed E-state index contributed by atoms with van der Waals surface area (Å²) < 4.78 is 0.00667. The number of nitrogens with zero attached hydrogens (tertiary/aromatic N) is 1. The van der Waals surface area contributed by atoms with Gasteiger partial charge in [0.15, 0.2) is 0 Å². The standard InChI is InChI=1S/C48H35NO2S2/c1-47(2,3)52-44-27-25-39-19-15-38-16-20-41(46(31-38)49(50)51)24-23-40-26-28-45(53-48(4,5)6)33-43(40)22-18-37-12-8-10-35(30-37)14-13-34-9-7-11-36(29-34)17-21-42(39)32-44/h7-12,16,20,25-33H,1-6H3. The molecule has 0 radical (unpaired) electrons. The van der Waals surface area contributed by atoms with Crippen LogP contribution >= 0.6 is 23.5 Å². The monoisotopic (exact) mass is 721 g/mol. The van der Waals surface area contributed by atoms with Crippen molar-refractivity contribution in [2.45, 2.75) is 60.8 Å². The smallest absolute Gasteiger partial charge is 0.258 e. The number of hydrogen-bond donors (Lipinski definition) is 0. The third-order valence-corrected chi connectivity index (χ3v) is 9.66. The van der Waals surface area contributed by atoms with Crippen LogP contribution in [0.1, 0.15) is 97.2 Å². The molecule has 0 spiro atoms. The van der Waals surface area contributed by atoms with Crippen LogP contribution in [-0.4, -0.2) is 14.4 Å². The van der Waals surface area contributed by atoms with Crippen LogP contribution in [0.3, 0.4) is 0 Å². The summed E-state index contributed by atoms with van der Waals surface area (Å²) in [5.41, 5.74) is 6.95. The lowest BCUT2D eigenvalue weighted by molar-refractivity contribution is -0.385. The molecule has 5 heteroatoms. The van der Waals surface area contributed by atoms with Crippen LogP contribution in [0, 0.1) is 69.3 Å². The molecule has 0 N–H and O–H groups in total. The number of thioether (sulfide) groups is 2. The van der Waals surface area contributed by atoms with E-state index in [1.165, 1.54) is 6.07 Å². The average molecular weight is 722 g/mol. The number of benzene rings is 5. The van der Waals surface area contributed by atoms with Crippen LogP contribution in [0.2, 0.25) is 0 Å². The summed E-state index contributed by atoms with van der Waals surface area (Å²) in [7, 11) is 0. The highest BCUT2D eigenvalue weighted by Gasteiger charge is 2.16. The third-order valence-electron chi connectivity index (χ3n) is 7.46. The lowest BCUT2D eigenvalue weighted by atomic mass is 10.0. The van der Waals surface area contributed by atoms with E-state index < -0.39 is 4.92 Å². The zero-order valence-electron chi connectivity index (χ0n) is 30.4. The van der Waals surface area contributed by atoms with Crippen molar-refractivity contribution >= 4 is 29.2 Å². The highest BCUT2D eigenvalue weighted by Crippen LogP contribution is 2.34. The second-order valence-corrected chi connectivity index (χ2v) is 18.0. The van der Waals surface area contributed by atoms with Crippen molar-refractivity contribution in [2.75, 3.05) is 0 Å². The molecule has 0 amide bonds. The molecule has 0 unspecified atom stereocenters. The summed E-state index contributed by atoms with van der Waals surface area (Å²) in [6.45, 7) is 13.0. The van der Waals surface area contributed by atoms with Crippen molar-refractivity contribution < 1.29 is 4.92 Å². The van der Waals surface area contributed by atoms with Crippen molar-refractivity contribution in [1.82, 2.24) is 0 Å². The quantitative estimate of drug-likeness (QED) is 0.0790. The molecule has 3 nitrogen and oxygen atoms in total. The summed E-state index contributed by atoms with van der Waals surface area (Å²) in [6.07, 6.45) is 0. The van der Waals surface area contributed by atoms with Gasteiger partial charge in [-0.05, 0) is 84.9 Å². The molecule has 0 heterocycles. The zero-order chi connectivity index (χ0) is 37.6. The van der Waals surface area contributed by atoms with Crippen LogP contribution in [0.15, 0.2) is 113 Å². The fourth-order valence-electron chi connectivity index (χ4n) is 5.22. The fraction of sp³-hybridized carbons (Fsp3) is 0.167. The minimum Gasteiger partial charge on any atom is -0.258 e. The Morgan fingerprint density at radius 2 is 0.792 bits per heavy atom. The number of hydrogen-bond acceptors (Lipinski definition) is 4. The molecule has 0 atom stereocenters. The van der Waals surface area contributed by atoms with Gasteiger partial charge < -0.3 is 0 Å². The van der Waals surface area contributed by atoms with Crippen LogP contribution in [0.5, 0.6) is 0 Å². The number of nitro groups is 1. The molecule has 2 aliphatic rings. The van der Waals surface area contributed by atoms with E-state index in [0.717, 1.165) is 48.7 Å². The molecule has 256 valence electrons. The minimum atomic E-state index is -0.414. The maximum Gasteiger partial charge on any atom is 0.286 e. The molecule has 0 aromatic heterocycles. The molecular weight excluding hydrogens is 687 g/mol. The Kier molecular flexibility index (Phi) is 10.9. The first-order valence-electron chi connectivity index (χ1n) is 17.0. The predicted octanol–water partition coefficient (Wildman–Crippen LogP) is 10.7. The Labute approximate surface area is 321 Å². The lowest BCUT2D eigenvalue weighted by Gasteiger charge is -2.17. The van der Waals surface area contributed by atoms with Gasteiger partial charge in [-0.15, -0.1) is 23.5 Å². The van der Waals surface area contributed by atoms with Crippen molar-refractivity contribution in [3.05, 3.63) is 169 Å². The van der Waals surface area contributed by atoms with Gasteiger partial charge in [0, 0.05) is 75.4 Å². The van der Waals surface area contributed by atoms with Crippen LogP contribution in [0.25, 0.3) is 0 Å². The van der Waals surface area contributed by atoms with E-state index in [2.05, 4.69) is 107 Å². The second kappa shape index (κ2) is 15.7. The van der Waals surface area contributed by atoms with Gasteiger partial charge in [-0.25, -0.2) is 0 Å². The molecule has 53 heavy (non-hydrogen) atoms. The Morgan fingerprint density at radius 3 is 1.23 bits per heavy atom. The number of nitro benzene ring substituents is 1. The van der Waals surface area contributed by atoms with E-state index in [1.54, 1.807) is 35.7 Å². The summed E-state index contributed by atoms with van der Waals surface area (Å²) in [5.74, 6) is 32.5. The van der Waals surface area contributed by atoms with Gasteiger partial charge in [0.1, 0.15) is 5.56 Å². The van der Waals surface area contributed by atoms with E-state index in [-0.39, 0.29) is 15.2 Å². The maximum absolute atomic E-state index is 12.3. The Hall–Kier alpha value is -6.00. The third kappa shape index (κ3) is 10.5. The van der Waals surface area contributed by atoms with Gasteiger partial charge in [-0.2, -0.15) is 0 Å². The SMILES string of the molecule is CC(C)(C)Sc1ccc2c(c1)C#Cc1cccc(c1)C#Cc1cccc(c1)C#Cc1cc(SC(C)(C)C)ccc1C#Cc1ccc(cc1[N+](=O)[O-])C#C2. The molecule has 0 saturated carbocycles. The summed E-state index contributed by atoms with van der Waals surface area (Å²) in [4.78, 5) is 14.0. The Bertz CT molecular complexity index is 2600. The van der Waals surface area contributed by atoms with E-state index >= 15 is 0 Å². The van der Waals surface area contributed by atoms with Gasteiger partial charge in [0.2, 0.25) is 0 Å². The first kappa shape index (κ1) is 36.8. The van der Waals surface area contributed by atoms with Gasteiger partial charge >= 0.3 is 0 Å². The normalized spacial score (nSPS) is 11.5.